The highest BCUT2D eigenvalue weighted by molar-refractivity contribution is 5.80. The minimum atomic E-state index is 0.197. The molecule has 1 heterocycles. The molecule has 1 saturated carbocycles. The Labute approximate surface area is 173 Å². The van der Waals surface area contributed by atoms with Crippen molar-refractivity contribution in [3.8, 4) is 11.5 Å². The summed E-state index contributed by atoms with van der Waals surface area (Å²) in [6.45, 7) is 4.74. The lowest BCUT2D eigenvalue weighted by atomic mass is 9.91. The van der Waals surface area contributed by atoms with E-state index in [0.29, 0.717) is 6.54 Å². The van der Waals surface area contributed by atoms with Crippen molar-refractivity contribution in [1.29, 1.82) is 0 Å². The summed E-state index contributed by atoms with van der Waals surface area (Å²) in [5.74, 6) is 1.95. The van der Waals surface area contributed by atoms with Crippen LogP contribution in [0.2, 0.25) is 0 Å². The Balaban J connectivity index is 1.61. The molecule has 0 radical (unpaired) electrons. The Morgan fingerprint density at radius 3 is 2.45 bits per heavy atom. The predicted molar refractivity (Wildman–Crippen MR) is 112 cm³/mol. The molecule has 1 unspecified atom stereocenters. The van der Waals surface area contributed by atoms with Gasteiger partial charge in [-0.05, 0) is 37.5 Å². The number of amides is 1. The predicted octanol–water partition coefficient (Wildman–Crippen LogP) is 2.22. The van der Waals surface area contributed by atoms with E-state index < -0.39 is 0 Å². The van der Waals surface area contributed by atoms with Gasteiger partial charge in [-0.25, -0.2) is 0 Å². The van der Waals surface area contributed by atoms with Crippen molar-refractivity contribution in [2.24, 2.45) is 5.92 Å². The van der Waals surface area contributed by atoms with Gasteiger partial charge in [-0.15, -0.1) is 0 Å². The third-order valence-electron chi connectivity index (χ3n) is 6.21. The largest absolute Gasteiger partial charge is 0.493 e. The summed E-state index contributed by atoms with van der Waals surface area (Å²) in [5, 5.41) is 3.21. The van der Waals surface area contributed by atoms with Gasteiger partial charge >= 0.3 is 0 Å². The highest BCUT2D eigenvalue weighted by Gasteiger charge is 2.35. The lowest BCUT2D eigenvalue weighted by Crippen LogP contribution is -3.12. The average Bonchev–Trinajstić information content (AvgIpc) is 3.58. The Morgan fingerprint density at radius 2 is 1.79 bits per heavy atom. The molecule has 1 aliphatic carbocycles. The van der Waals surface area contributed by atoms with Crippen LogP contribution in [0.15, 0.2) is 36.4 Å². The lowest BCUT2D eigenvalue weighted by Gasteiger charge is -2.35. The van der Waals surface area contributed by atoms with Gasteiger partial charge in [-0.3, -0.25) is 4.79 Å². The topological polar surface area (TPSA) is 52.0 Å². The SMILES string of the molecule is COc1cc2c(cc1OC)[C@@H](CNC(=O)C1CC1)[NH+](Cc1ccc(C)cc1)CC2. The first-order chi connectivity index (χ1) is 14.1. The van der Waals surface area contributed by atoms with Gasteiger partial charge in [0, 0.05) is 23.5 Å². The third-order valence-corrected chi connectivity index (χ3v) is 6.21. The van der Waals surface area contributed by atoms with Crippen molar-refractivity contribution >= 4 is 5.91 Å². The molecule has 2 aromatic carbocycles. The van der Waals surface area contributed by atoms with Gasteiger partial charge in [-0.2, -0.15) is 0 Å². The monoisotopic (exact) mass is 395 g/mol. The molecule has 0 spiro atoms. The van der Waals surface area contributed by atoms with Crippen LogP contribution in [0.1, 0.15) is 41.1 Å². The minimum Gasteiger partial charge on any atom is -0.493 e. The van der Waals surface area contributed by atoms with Gasteiger partial charge in [0.05, 0.1) is 27.3 Å². The summed E-state index contributed by atoms with van der Waals surface area (Å²) < 4.78 is 11.1. The number of benzene rings is 2. The number of methoxy groups -OCH3 is 2. The van der Waals surface area contributed by atoms with Crippen molar-refractivity contribution in [2.45, 2.75) is 38.8 Å². The zero-order valence-corrected chi connectivity index (χ0v) is 17.6. The third kappa shape index (κ3) is 4.40. The van der Waals surface area contributed by atoms with Gasteiger partial charge in [0.2, 0.25) is 5.91 Å². The molecule has 154 valence electrons. The number of carbonyl (C=O) groups excluding carboxylic acids is 1. The first-order valence-electron chi connectivity index (χ1n) is 10.5. The van der Waals surface area contributed by atoms with Crippen LogP contribution >= 0.6 is 0 Å². The van der Waals surface area contributed by atoms with E-state index in [1.165, 1.54) is 27.2 Å². The molecule has 2 N–H and O–H groups in total. The molecule has 1 amide bonds. The summed E-state index contributed by atoms with van der Waals surface area (Å²) in [6, 6.07) is 13.2. The first-order valence-corrected chi connectivity index (χ1v) is 10.5. The van der Waals surface area contributed by atoms with Crippen molar-refractivity contribution in [2.75, 3.05) is 27.3 Å². The maximum absolute atomic E-state index is 12.3. The molecule has 0 aromatic heterocycles. The maximum atomic E-state index is 12.3. The lowest BCUT2D eigenvalue weighted by molar-refractivity contribution is -0.945. The number of ether oxygens (including phenoxy) is 2. The van der Waals surface area contributed by atoms with Crippen molar-refractivity contribution in [3.05, 3.63) is 58.7 Å². The fourth-order valence-electron chi connectivity index (χ4n) is 4.29. The smallest absolute Gasteiger partial charge is 0.223 e. The number of aryl methyl sites for hydroxylation is 1. The zero-order valence-electron chi connectivity index (χ0n) is 17.6. The molecule has 5 heteroatoms. The van der Waals surface area contributed by atoms with Crippen LogP contribution in [-0.4, -0.2) is 33.2 Å². The fourth-order valence-corrected chi connectivity index (χ4v) is 4.29. The molecule has 1 aliphatic heterocycles. The van der Waals surface area contributed by atoms with Crippen LogP contribution in [0, 0.1) is 12.8 Å². The molecular weight excluding hydrogens is 364 g/mol. The normalized spacial score (nSPS) is 20.7. The van der Waals surface area contributed by atoms with Gasteiger partial charge < -0.3 is 19.7 Å². The number of quaternary nitrogens is 1. The number of hydrogen-bond donors (Lipinski definition) is 2. The van der Waals surface area contributed by atoms with E-state index in [1.807, 2.05) is 0 Å². The summed E-state index contributed by atoms with van der Waals surface area (Å²) in [7, 11) is 3.35. The highest BCUT2D eigenvalue weighted by Crippen LogP contribution is 2.34. The Hall–Kier alpha value is -2.53. The molecule has 2 aliphatic rings. The van der Waals surface area contributed by atoms with Gasteiger partial charge in [0.15, 0.2) is 11.5 Å². The van der Waals surface area contributed by atoms with Crippen LogP contribution in [0.5, 0.6) is 11.5 Å². The Morgan fingerprint density at radius 1 is 1.10 bits per heavy atom. The Kier molecular flexibility index (Phi) is 5.76. The van der Waals surface area contributed by atoms with Gasteiger partial charge in [-0.1, -0.05) is 29.8 Å². The van der Waals surface area contributed by atoms with E-state index in [-0.39, 0.29) is 17.9 Å². The van der Waals surface area contributed by atoms with Gasteiger partial charge in [0.1, 0.15) is 12.6 Å². The second kappa shape index (κ2) is 8.46. The number of carbonyl (C=O) groups is 1. The summed E-state index contributed by atoms with van der Waals surface area (Å²) in [4.78, 5) is 13.8. The quantitative estimate of drug-likeness (QED) is 0.756. The van der Waals surface area contributed by atoms with E-state index >= 15 is 0 Å². The molecule has 2 atom stereocenters. The van der Waals surface area contributed by atoms with E-state index in [2.05, 4.69) is 48.6 Å². The second-order valence-corrected chi connectivity index (χ2v) is 8.30. The van der Waals surface area contributed by atoms with E-state index in [1.54, 1.807) is 14.2 Å². The molecule has 1 fully saturated rings. The van der Waals surface area contributed by atoms with Crippen LogP contribution < -0.4 is 19.7 Å². The first kappa shape index (κ1) is 19.8. The number of nitrogens with one attached hydrogen (secondary N) is 2. The van der Waals surface area contributed by atoms with Crippen molar-refractivity contribution in [3.63, 3.8) is 0 Å². The minimum absolute atomic E-state index is 0.197. The standard InChI is InChI=1S/C24H30N2O3/c1-16-4-6-17(7-5-16)15-26-11-10-19-12-22(28-2)23(29-3)13-20(19)21(26)14-25-24(27)18-8-9-18/h4-7,12-13,18,21H,8-11,14-15H2,1-3H3,(H,25,27)/p+1/t21-/m1/s1. The van der Waals surface area contributed by atoms with Crippen LogP contribution in [-0.2, 0) is 17.8 Å². The van der Waals surface area contributed by atoms with Crippen LogP contribution in [0.4, 0.5) is 0 Å². The fraction of sp³-hybridized carbons (Fsp3) is 0.458. The number of rotatable bonds is 7. The summed E-state index contributed by atoms with van der Waals surface area (Å²) >= 11 is 0. The van der Waals surface area contributed by atoms with E-state index in [4.69, 9.17) is 9.47 Å². The molecule has 0 bridgehead atoms. The number of hydrogen-bond acceptors (Lipinski definition) is 3. The molecule has 4 rings (SSSR count). The van der Waals surface area contributed by atoms with Gasteiger partial charge in [0.25, 0.3) is 0 Å². The second-order valence-electron chi connectivity index (χ2n) is 8.30. The number of fused-ring (bicyclic) bond motifs is 1. The van der Waals surface area contributed by atoms with Crippen molar-refractivity contribution < 1.29 is 19.2 Å². The van der Waals surface area contributed by atoms with Crippen LogP contribution in [0.25, 0.3) is 0 Å². The molecule has 2 aromatic rings. The summed E-state index contributed by atoms with van der Waals surface area (Å²) in [6.07, 6.45) is 3.04. The van der Waals surface area contributed by atoms with E-state index in [9.17, 15) is 4.79 Å². The molecule has 5 nitrogen and oxygen atoms in total. The highest BCUT2D eigenvalue weighted by atomic mass is 16.5. The van der Waals surface area contributed by atoms with Crippen LogP contribution in [0.3, 0.4) is 0 Å². The van der Waals surface area contributed by atoms with Crippen molar-refractivity contribution in [1.82, 2.24) is 5.32 Å². The maximum Gasteiger partial charge on any atom is 0.223 e. The Bertz CT molecular complexity index is 874. The van der Waals surface area contributed by atoms with E-state index in [0.717, 1.165) is 43.9 Å². The molecule has 29 heavy (non-hydrogen) atoms. The molecular formula is C24H31N2O3+. The summed E-state index contributed by atoms with van der Waals surface area (Å²) in [5.41, 5.74) is 5.15. The zero-order chi connectivity index (χ0) is 20.4. The average molecular weight is 396 g/mol. The molecule has 0 saturated heterocycles.